The van der Waals surface area contributed by atoms with Crippen molar-refractivity contribution in [3.63, 3.8) is 0 Å². The number of benzene rings is 1. The topological polar surface area (TPSA) is 80.8 Å². The van der Waals surface area contributed by atoms with E-state index < -0.39 is 23.6 Å². The number of rotatable bonds is 8. The third kappa shape index (κ3) is 5.76. The third-order valence-electron chi connectivity index (χ3n) is 5.08. The number of hydrogen-bond acceptors (Lipinski definition) is 5. The molecular weight excluding hydrogens is 427 g/mol. The lowest BCUT2D eigenvalue weighted by Crippen LogP contribution is -2.39. The lowest BCUT2D eigenvalue weighted by molar-refractivity contribution is -0.137. The number of nitrogens with zero attached hydrogens (tertiary/aromatic N) is 2. The second-order valence-corrected chi connectivity index (χ2v) is 7.28. The number of hydrogen-bond donors (Lipinski definition) is 1. The standard InChI is InChI=1S/C22H24F3N3O4/c1-31-12-10-27-20(29)19-18(8-3-9-26-19)32-14-17-7-4-11-28(17)21(30)15-5-2-6-16(13-15)22(23,24)25/h2-3,5-6,8-9,13,17H,4,7,10-12,14H2,1H3,(H,27,29)/t17-/m1/s1. The molecule has 32 heavy (non-hydrogen) atoms. The van der Waals surface area contributed by atoms with Gasteiger partial charge in [-0.15, -0.1) is 0 Å². The van der Waals surface area contributed by atoms with Crippen LogP contribution in [0.25, 0.3) is 0 Å². The first-order valence-electron chi connectivity index (χ1n) is 10.1. The van der Waals surface area contributed by atoms with Crippen LogP contribution >= 0.6 is 0 Å². The van der Waals surface area contributed by atoms with E-state index in [2.05, 4.69) is 10.3 Å². The van der Waals surface area contributed by atoms with Gasteiger partial charge in [-0.1, -0.05) is 6.07 Å². The van der Waals surface area contributed by atoms with Gasteiger partial charge in [-0.3, -0.25) is 9.59 Å². The van der Waals surface area contributed by atoms with E-state index in [9.17, 15) is 22.8 Å². The Morgan fingerprint density at radius 3 is 2.81 bits per heavy atom. The molecule has 2 heterocycles. The molecule has 2 amide bonds. The zero-order valence-electron chi connectivity index (χ0n) is 17.5. The number of amides is 2. The summed E-state index contributed by atoms with van der Waals surface area (Å²) in [6, 6.07) is 7.29. The maximum Gasteiger partial charge on any atom is 0.416 e. The predicted molar refractivity (Wildman–Crippen MR) is 109 cm³/mol. The Bertz CT molecular complexity index is 952. The number of carbonyl (C=O) groups excluding carboxylic acids is 2. The molecule has 1 aromatic heterocycles. The van der Waals surface area contributed by atoms with Crippen LogP contribution < -0.4 is 10.1 Å². The van der Waals surface area contributed by atoms with E-state index in [1.54, 1.807) is 12.1 Å². The quantitative estimate of drug-likeness (QED) is 0.624. The Hall–Kier alpha value is -3.14. The molecule has 2 aromatic rings. The summed E-state index contributed by atoms with van der Waals surface area (Å²) < 4.78 is 49.7. The number of alkyl halides is 3. The molecule has 0 radical (unpaired) electrons. The maximum atomic E-state index is 13.0. The number of likely N-dealkylation sites (tertiary alicyclic amines) is 1. The van der Waals surface area contributed by atoms with Crippen LogP contribution in [-0.4, -0.2) is 61.2 Å². The van der Waals surface area contributed by atoms with Gasteiger partial charge in [-0.2, -0.15) is 13.2 Å². The molecule has 0 spiro atoms. The van der Waals surface area contributed by atoms with Crippen molar-refractivity contribution in [1.82, 2.24) is 15.2 Å². The second-order valence-electron chi connectivity index (χ2n) is 7.28. The molecule has 0 unspecified atom stereocenters. The van der Waals surface area contributed by atoms with Crippen molar-refractivity contribution >= 4 is 11.8 Å². The molecule has 1 N–H and O–H groups in total. The number of nitrogens with one attached hydrogen (secondary N) is 1. The van der Waals surface area contributed by atoms with E-state index in [-0.39, 0.29) is 29.7 Å². The van der Waals surface area contributed by atoms with Gasteiger partial charge in [-0.05, 0) is 43.2 Å². The van der Waals surface area contributed by atoms with Crippen molar-refractivity contribution in [2.24, 2.45) is 0 Å². The lowest BCUT2D eigenvalue weighted by atomic mass is 10.1. The van der Waals surface area contributed by atoms with Crippen LogP contribution in [0.4, 0.5) is 13.2 Å². The molecule has 1 aromatic carbocycles. The minimum atomic E-state index is -4.52. The average molecular weight is 451 g/mol. The van der Waals surface area contributed by atoms with E-state index in [1.165, 1.54) is 30.3 Å². The van der Waals surface area contributed by atoms with Gasteiger partial charge in [0.15, 0.2) is 11.4 Å². The van der Waals surface area contributed by atoms with Crippen LogP contribution in [0, 0.1) is 0 Å². The molecule has 1 fully saturated rings. The van der Waals surface area contributed by atoms with Gasteiger partial charge in [0.2, 0.25) is 0 Å². The lowest BCUT2D eigenvalue weighted by Gasteiger charge is -2.25. The Balaban J connectivity index is 1.68. The van der Waals surface area contributed by atoms with Crippen LogP contribution in [0.3, 0.4) is 0 Å². The fourth-order valence-corrected chi connectivity index (χ4v) is 3.48. The first-order valence-corrected chi connectivity index (χ1v) is 10.1. The molecule has 0 saturated carbocycles. The number of carbonyl (C=O) groups is 2. The molecule has 1 saturated heterocycles. The van der Waals surface area contributed by atoms with Crippen LogP contribution in [0.2, 0.25) is 0 Å². The highest BCUT2D eigenvalue weighted by molar-refractivity contribution is 5.95. The number of methoxy groups -OCH3 is 1. The Kier molecular flexibility index (Phi) is 7.68. The summed E-state index contributed by atoms with van der Waals surface area (Å²) in [6.45, 7) is 1.17. The van der Waals surface area contributed by atoms with E-state index in [4.69, 9.17) is 9.47 Å². The van der Waals surface area contributed by atoms with Crippen LogP contribution in [0.5, 0.6) is 5.75 Å². The Labute approximate surface area is 183 Å². The smallest absolute Gasteiger partial charge is 0.416 e. The highest BCUT2D eigenvalue weighted by Gasteiger charge is 2.34. The molecule has 1 aliphatic heterocycles. The molecular formula is C22H24F3N3O4. The number of pyridine rings is 1. The van der Waals surface area contributed by atoms with Crippen molar-refractivity contribution in [2.75, 3.05) is 33.4 Å². The van der Waals surface area contributed by atoms with Crippen molar-refractivity contribution in [3.8, 4) is 5.75 Å². The van der Waals surface area contributed by atoms with Gasteiger partial charge < -0.3 is 19.7 Å². The minimum Gasteiger partial charge on any atom is -0.489 e. The van der Waals surface area contributed by atoms with Crippen LogP contribution in [0.1, 0.15) is 39.3 Å². The van der Waals surface area contributed by atoms with Gasteiger partial charge in [0.05, 0.1) is 18.2 Å². The normalized spacial score (nSPS) is 16.1. The first-order chi connectivity index (χ1) is 15.3. The molecule has 7 nitrogen and oxygen atoms in total. The van der Waals surface area contributed by atoms with Gasteiger partial charge >= 0.3 is 6.18 Å². The summed E-state index contributed by atoms with van der Waals surface area (Å²) in [7, 11) is 1.52. The predicted octanol–water partition coefficient (Wildman–Crippen LogP) is 3.16. The van der Waals surface area contributed by atoms with Crippen molar-refractivity contribution in [2.45, 2.75) is 25.1 Å². The molecule has 1 atom stereocenters. The molecule has 0 aliphatic carbocycles. The second kappa shape index (κ2) is 10.4. The molecule has 3 rings (SSSR count). The van der Waals surface area contributed by atoms with E-state index >= 15 is 0 Å². The van der Waals surface area contributed by atoms with Gasteiger partial charge in [0, 0.05) is 32.0 Å². The SMILES string of the molecule is COCCNC(=O)c1ncccc1OC[C@H]1CCCN1C(=O)c1cccc(C(F)(F)F)c1. The summed E-state index contributed by atoms with van der Waals surface area (Å²) in [5.41, 5.74) is -0.779. The van der Waals surface area contributed by atoms with Crippen LogP contribution in [-0.2, 0) is 10.9 Å². The van der Waals surface area contributed by atoms with Crippen molar-refractivity contribution in [3.05, 3.63) is 59.4 Å². The fraction of sp³-hybridized carbons (Fsp3) is 0.409. The van der Waals surface area contributed by atoms with E-state index in [1.807, 2.05) is 0 Å². The van der Waals surface area contributed by atoms with Gasteiger partial charge in [0.25, 0.3) is 11.8 Å². The largest absolute Gasteiger partial charge is 0.489 e. The Morgan fingerprint density at radius 1 is 1.25 bits per heavy atom. The first kappa shape index (κ1) is 23.5. The number of halogens is 3. The summed E-state index contributed by atoms with van der Waals surface area (Å²) in [5, 5.41) is 2.67. The third-order valence-corrected chi connectivity index (χ3v) is 5.08. The van der Waals surface area contributed by atoms with Gasteiger partial charge in [0.1, 0.15) is 6.61 Å². The summed E-state index contributed by atoms with van der Waals surface area (Å²) >= 11 is 0. The molecule has 1 aliphatic rings. The highest BCUT2D eigenvalue weighted by Crippen LogP contribution is 2.30. The zero-order valence-corrected chi connectivity index (χ0v) is 17.5. The highest BCUT2D eigenvalue weighted by atomic mass is 19.4. The van der Waals surface area contributed by atoms with Gasteiger partial charge in [-0.25, -0.2) is 4.98 Å². The molecule has 10 heteroatoms. The number of aromatic nitrogens is 1. The van der Waals surface area contributed by atoms with E-state index in [0.717, 1.165) is 12.1 Å². The van der Waals surface area contributed by atoms with Crippen molar-refractivity contribution < 1.29 is 32.2 Å². The molecule has 172 valence electrons. The summed E-state index contributed by atoms with van der Waals surface area (Å²) in [5.74, 6) is -0.632. The molecule has 0 bridgehead atoms. The monoisotopic (exact) mass is 451 g/mol. The van der Waals surface area contributed by atoms with Crippen molar-refractivity contribution in [1.29, 1.82) is 0 Å². The fourth-order valence-electron chi connectivity index (χ4n) is 3.48. The minimum absolute atomic E-state index is 0.0219. The van der Waals surface area contributed by atoms with E-state index in [0.29, 0.717) is 32.5 Å². The zero-order chi connectivity index (χ0) is 23.1. The Morgan fingerprint density at radius 2 is 2.06 bits per heavy atom. The van der Waals surface area contributed by atoms with Crippen LogP contribution in [0.15, 0.2) is 42.6 Å². The summed E-state index contributed by atoms with van der Waals surface area (Å²) in [6.07, 6.45) is -1.71. The maximum absolute atomic E-state index is 13.0. The average Bonchev–Trinajstić information content (AvgIpc) is 3.25. The number of ether oxygens (including phenoxy) is 2. The summed E-state index contributed by atoms with van der Waals surface area (Å²) in [4.78, 5) is 30.8.